The molecule has 1 aliphatic rings. The number of likely N-dealkylation sites (tertiary alicyclic amines) is 1. The van der Waals surface area contributed by atoms with E-state index in [1.165, 1.54) is 114 Å². The zero-order valence-electron chi connectivity index (χ0n) is 17.7. The lowest BCUT2D eigenvalue weighted by atomic mass is 10.1. The molecule has 0 radical (unpaired) electrons. The van der Waals surface area contributed by atoms with Crippen LogP contribution in [0.15, 0.2) is 0 Å². The molecular weight excluding hydrogens is 391 g/mol. The van der Waals surface area contributed by atoms with E-state index in [9.17, 15) is 13.2 Å². The molecule has 0 saturated carbocycles. The maximum Gasteiger partial charge on any atom is 0.485 e. The summed E-state index contributed by atoms with van der Waals surface area (Å²) in [4.78, 5) is 0. The summed E-state index contributed by atoms with van der Waals surface area (Å²) in [6.07, 6.45) is 18.9. The van der Waals surface area contributed by atoms with E-state index in [0.717, 1.165) is 0 Å². The molecular formula is C20H40F3NO3S. The zero-order chi connectivity index (χ0) is 21.5. The number of unbranched alkanes of at least 4 members (excludes halogenated alkanes) is 9. The third kappa shape index (κ3) is 13.0. The van der Waals surface area contributed by atoms with Crippen LogP contribution in [0.5, 0.6) is 0 Å². The molecule has 0 aromatic carbocycles. The Balaban J connectivity index is 0.000000769. The Bertz CT molecular complexity index is 476. The molecule has 0 unspecified atom stereocenters. The number of hydrogen-bond acceptors (Lipinski definition) is 3. The number of nitrogens with zero attached hydrogens (tertiary/aromatic N) is 1. The Hall–Kier alpha value is -0.340. The van der Waals surface area contributed by atoms with Gasteiger partial charge in [0.05, 0.1) is 26.2 Å². The first-order valence-corrected chi connectivity index (χ1v) is 12.4. The lowest BCUT2D eigenvalue weighted by Gasteiger charge is -2.34. The van der Waals surface area contributed by atoms with E-state index >= 15 is 0 Å². The van der Waals surface area contributed by atoms with Crippen LogP contribution in [0.1, 0.15) is 97.3 Å². The fourth-order valence-corrected chi connectivity index (χ4v) is 3.84. The highest BCUT2D eigenvalue weighted by molar-refractivity contribution is 7.86. The maximum atomic E-state index is 10.7. The van der Waals surface area contributed by atoms with Crippen LogP contribution < -0.4 is 0 Å². The van der Waals surface area contributed by atoms with Crippen LogP contribution in [0, 0.1) is 0 Å². The minimum absolute atomic E-state index is 1.37. The molecule has 0 N–H and O–H groups in total. The molecule has 0 bridgehead atoms. The van der Waals surface area contributed by atoms with Gasteiger partial charge in [-0.2, -0.15) is 13.2 Å². The topological polar surface area (TPSA) is 57.2 Å². The van der Waals surface area contributed by atoms with E-state index in [1.54, 1.807) is 0 Å². The highest BCUT2D eigenvalue weighted by atomic mass is 32.2. The van der Waals surface area contributed by atoms with Crippen molar-refractivity contribution < 1.29 is 30.6 Å². The first-order valence-electron chi connectivity index (χ1n) is 11.0. The van der Waals surface area contributed by atoms with E-state index in [-0.39, 0.29) is 0 Å². The third-order valence-electron chi connectivity index (χ3n) is 5.52. The molecule has 0 aromatic rings. The van der Waals surface area contributed by atoms with Gasteiger partial charge in [-0.1, -0.05) is 58.8 Å². The highest BCUT2D eigenvalue weighted by Gasteiger charge is 2.37. The van der Waals surface area contributed by atoms with Crippen molar-refractivity contribution in [1.82, 2.24) is 0 Å². The van der Waals surface area contributed by atoms with Crippen molar-refractivity contribution in [2.24, 2.45) is 0 Å². The molecule has 0 aromatic heterocycles. The monoisotopic (exact) mass is 431 g/mol. The van der Waals surface area contributed by atoms with Gasteiger partial charge in [0.15, 0.2) is 10.1 Å². The van der Waals surface area contributed by atoms with Gasteiger partial charge >= 0.3 is 5.51 Å². The summed E-state index contributed by atoms with van der Waals surface area (Å²) in [5.41, 5.74) is -5.65. The Morgan fingerprint density at radius 2 is 1.07 bits per heavy atom. The molecule has 28 heavy (non-hydrogen) atoms. The minimum atomic E-state index is -6.09. The van der Waals surface area contributed by atoms with Gasteiger partial charge in [0, 0.05) is 12.8 Å². The Labute approximate surface area is 170 Å². The van der Waals surface area contributed by atoms with E-state index in [2.05, 4.69) is 13.8 Å². The highest BCUT2D eigenvalue weighted by Crippen LogP contribution is 2.23. The Kier molecular flexibility index (Phi) is 14.4. The van der Waals surface area contributed by atoms with Crippen molar-refractivity contribution in [2.45, 2.75) is 103 Å². The van der Waals surface area contributed by atoms with Crippen LogP contribution >= 0.6 is 0 Å². The first kappa shape index (κ1) is 27.7. The van der Waals surface area contributed by atoms with E-state index in [4.69, 9.17) is 13.0 Å². The summed E-state index contributed by atoms with van der Waals surface area (Å²) in [7, 11) is -6.09. The predicted molar refractivity (Wildman–Crippen MR) is 107 cm³/mol. The summed E-state index contributed by atoms with van der Waals surface area (Å²) in [6.45, 7) is 10.6. The number of rotatable bonds is 13. The first-order chi connectivity index (χ1) is 13.1. The molecule has 1 aliphatic heterocycles. The maximum absolute atomic E-state index is 10.7. The van der Waals surface area contributed by atoms with Crippen LogP contribution in [0.2, 0.25) is 0 Å². The van der Waals surface area contributed by atoms with E-state index < -0.39 is 15.6 Å². The number of hydrogen-bond donors (Lipinski definition) is 0. The van der Waals surface area contributed by atoms with Crippen LogP contribution in [-0.2, 0) is 10.1 Å². The molecule has 0 aliphatic carbocycles. The number of alkyl halides is 3. The van der Waals surface area contributed by atoms with Crippen molar-refractivity contribution in [3.8, 4) is 0 Å². The molecule has 1 heterocycles. The molecule has 1 fully saturated rings. The summed E-state index contributed by atoms with van der Waals surface area (Å²) in [5, 5.41) is 0. The normalized spacial score (nSPS) is 16.6. The molecule has 170 valence electrons. The van der Waals surface area contributed by atoms with Crippen LogP contribution in [0.4, 0.5) is 13.2 Å². The molecule has 1 saturated heterocycles. The van der Waals surface area contributed by atoms with Gasteiger partial charge in [-0.25, -0.2) is 8.42 Å². The number of halogens is 3. The average Bonchev–Trinajstić information content (AvgIpc) is 3.06. The lowest BCUT2D eigenvalue weighted by molar-refractivity contribution is -0.917. The van der Waals surface area contributed by atoms with Crippen LogP contribution in [0.25, 0.3) is 0 Å². The fraction of sp³-hybridized carbons (Fsp3) is 1.00. The predicted octanol–water partition coefficient (Wildman–Crippen LogP) is 5.98. The smallest absolute Gasteiger partial charge is 0.485 e. The van der Waals surface area contributed by atoms with Gasteiger partial charge in [-0.15, -0.1) is 0 Å². The molecule has 0 spiro atoms. The summed E-state index contributed by atoms with van der Waals surface area (Å²) < 4.78 is 60.4. The number of quaternary nitrogens is 1. The molecule has 0 atom stereocenters. The average molecular weight is 432 g/mol. The lowest BCUT2D eigenvalue weighted by Crippen LogP contribution is -2.46. The van der Waals surface area contributed by atoms with Crippen molar-refractivity contribution in [3.05, 3.63) is 0 Å². The second-order valence-electron chi connectivity index (χ2n) is 8.03. The SMILES string of the molecule is CCCCCCCC[N+]1(CCCCCCC)CCCC1.O=S(=O)([O-])C(F)(F)F. The Morgan fingerprint density at radius 1 is 0.750 bits per heavy atom. The molecule has 0 amide bonds. The van der Waals surface area contributed by atoms with E-state index in [0.29, 0.717) is 0 Å². The second-order valence-corrected chi connectivity index (χ2v) is 9.40. The molecule has 1 rings (SSSR count). The van der Waals surface area contributed by atoms with Gasteiger partial charge in [-0.05, 0) is 25.7 Å². The van der Waals surface area contributed by atoms with Crippen molar-refractivity contribution in [1.29, 1.82) is 0 Å². The minimum Gasteiger partial charge on any atom is -0.741 e. The summed E-state index contributed by atoms with van der Waals surface area (Å²) in [6, 6.07) is 0. The largest absolute Gasteiger partial charge is 0.741 e. The van der Waals surface area contributed by atoms with Crippen molar-refractivity contribution in [2.75, 3.05) is 26.2 Å². The van der Waals surface area contributed by atoms with Gasteiger partial charge < -0.3 is 9.04 Å². The van der Waals surface area contributed by atoms with Crippen LogP contribution in [0.3, 0.4) is 0 Å². The quantitative estimate of drug-likeness (QED) is 0.156. The van der Waals surface area contributed by atoms with E-state index in [1.807, 2.05) is 0 Å². The third-order valence-corrected chi connectivity index (χ3v) is 6.09. The van der Waals surface area contributed by atoms with Gasteiger partial charge in [-0.3, -0.25) is 0 Å². The van der Waals surface area contributed by atoms with Crippen molar-refractivity contribution in [3.63, 3.8) is 0 Å². The van der Waals surface area contributed by atoms with Crippen LogP contribution in [-0.4, -0.2) is 49.1 Å². The second kappa shape index (κ2) is 14.6. The fourth-order valence-electron chi connectivity index (χ4n) is 3.84. The standard InChI is InChI=1S/C19H40N.CHF3O3S/c1-3-5-7-9-11-13-17-20(18-14-15-19-20)16-12-10-8-6-4-2;2-1(3,4)8(5,6)7/h3-19H2,1-2H3;(H,5,6,7)/q+1;/p-1. The van der Waals surface area contributed by atoms with Gasteiger partial charge in [0.2, 0.25) is 0 Å². The van der Waals surface area contributed by atoms with Crippen molar-refractivity contribution >= 4 is 10.1 Å². The van der Waals surface area contributed by atoms with Gasteiger partial charge in [0.1, 0.15) is 0 Å². The molecule has 8 heteroatoms. The summed E-state index contributed by atoms with van der Waals surface area (Å²) in [5.74, 6) is 0. The Morgan fingerprint density at radius 3 is 1.39 bits per heavy atom. The summed E-state index contributed by atoms with van der Waals surface area (Å²) >= 11 is 0. The molecule has 4 nitrogen and oxygen atoms in total. The zero-order valence-corrected chi connectivity index (χ0v) is 18.6. The van der Waals surface area contributed by atoms with Gasteiger partial charge in [0.25, 0.3) is 0 Å².